The number of carbonyl (C=O) groups is 1. The Kier molecular flexibility index (Phi) is 4.82. The molecule has 0 N–H and O–H groups in total. The van der Waals surface area contributed by atoms with E-state index < -0.39 is 0 Å². The van der Waals surface area contributed by atoms with Crippen LogP contribution >= 0.6 is 15.9 Å². The number of halogens is 1. The van der Waals surface area contributed by atoms with Crippen LogP contribution in [0.15, 0.2) is 18.2 Å². The minimum atomic E-state index is -0.120. The summed E-state index contributed by atoms with van der Waals surface area (Å²) in [6.07, 6.45) is 0.940. The Bertz CT molecular complexity index is 336. The van der Waals surface area contributed by atoms with E-state index in [1.165, 1.54) is 0 Å². The molecule has 1 aromatic carbocycles. The molecule has 0 aliphatic rings. The lowest BCUT2D eigenvalue weighted by Crippen LogP contribution is -2.02. The Morgan fingerprint density at radius 3 is 2.80 bits per heavy atom. The molecule has 0 aromatic heterocycles. The lowest BCUT2D eigenvalue weighted by molar-refractivity contribution is -0.108. The van der Waals surface area contributed by atoms with Gasteiger partial charge in [0.1, 0.15) is 12.0 Å². The minimum absolute atomic E-state index is 0.120. The van der Waals surface area contributed by atoms with Gasteiger partial charge in [0.25, 0.3) is 0 Å². The van der Waals surface area contributed by atoms with Crippen LogP contribution in [0.1, 0.15) is 30.9 Å². The highest BCUT2D eigenvalue weighted by Gasteiger charge is 2.11. The van der Waals surface area contributed by atoms with Gasteiger partial charge in [-0.15, -0.1) is 0 Å². The second-order valence-electron chi connectivity index (χ2n) is 3.36. The van der Waals surface area contributed by atoms with Crippen molar-refractivity contribution in [2.24, 2.45) is 0 Å². The maximum atomic E-state index is 10.8. The molecule has 82 valence electrons. The van der Waals surface area contributed by atoms with Gasteiger partial charge >= 0.3 is 0 Å². The number of alkyl halides is 1. The van der Waals surface area contributed by atoms with Gasteiger partial charge in [-0.05, 0) is 18.6 Å². The van der Waals surface area contributed by atoms with E-state index in [1.807, 2.05) is 32.0 Å². The Labute approximate surface area is 98.8 Å². The highest BCUT2D eigenvalue weighted by molar-refractivity contribution is 9.08. The van der Waals surface area contributed by atoms with Gasteiger partial charge in [-0.1, -0.05) is 35.0 Å². The van der Waals surface area contributed by atoms with Crippen molar-refractivity contribution in [3.63, 3.8) is 0 Å². The Morgan fingerprint density at radius 2 is 2.27 bits per heavy atom. The Balaban J connectivity index is 3.09. The minimum Gasteiger partial charge on any atom is -0.494 e. The van der Waals surface area contributed by atoms with Crippen molar-refractivity contribution in [2.75, 3.05) is 6.61 Å². The molecule has 0 heterocycles. The zero-order valence-corrected chi connectivity index (χ0v) is 10.6. The van der Waals surface area contributed by atoms with Gasteiger partial charge in [-0.2, -0.15) is 0 Å². The normalized spacial score (nSPS) is 12.2. The molecular formula is C12H15BrO2. The predicted octanol–water partition coefficient (Wildman–Crippen LogP) is 3.28. The van der Waals surface area contributed by atoms with Crippen LogP contribution in [0.25, 0.3) is 0 Å². The van der Waals surface area contributed by atoms with E-state index >= 15 is 0 Å². The van der Waals surface area contributed by atoms with E-state index in [9.17, 15) is 4.79 Å². The van der Waals surface area contributed by atoms with Gasteiger partial charge in [0.2, 0.25) is 0 Å². The second kappa shape index (κ2) is 5.91. The van der Waals surface area contributed by atoms with Crippen LogP contribution in [0.3, 0.4) is 0 Å². The molecule has 0 bridgehead atoms. The van der Waals surface area contributed by atoms with Crippen molar-refractivity contribution in [1.82, 2.24) is 0 Å². The summed E-state index contributed by atoms with van der Waals surface area (Å²) in [6.45, 7) is 4.43. The highest BCUT2D eigenvalue weighted by atomic mass is 79.9. The molecule has 0 saturated heterocycles. The maximum absolute atomic E-state index is 10.8. The third-order valence-electron chi connectivity index (χ3n) is 2.22. The van der Waals surface area contributed by atoms with Gasteiger partial charge in [0, 0.05) is 16.8 Å². The zero-order chi connectivity index (χ0) is 11.3. The fraction of sp³-hybridized carbons (Fsp3) is 0.417. The summed E-state index contributed by atoms with van der Waals surface area (Å²) in [4.78, 5) is 10.8. The summed E-state index contributed by atoms with van der Waals surface area (Å²) < 4.78 is 5.49. The number of aldehydes is 1. The molecule has 0 spiro atoms. The van der Waals surface area contributed by atoms with Crippen LogP contribution in [0.5, 0.6) is 5.75 Å². The van der Waals surface area contributed by atoms with Crippen molar-refractivity contribution in [2.45, 2.75) is 25.1 Å². The van der Waals surface area contributed by atoms with Crippen molar-refractivity contribution in [3.8, 4) is 5.75 Å². The summed E-state index contributed by atoms with van der Waals surface area (Å²) >= 11 is 3.40. The Morgan fingerprint density at radius 1 is 1.53 bits per heavy atom. The molecule has 3 heteroatoms. The Hall–Kier alpha value is -0.830. The standard InChI is InChI=1S/C12H15BrO2/c1-3-15-12-5-4-10(7-13)6-11(12)9(2)8-14/h4-6,8-9H,3,7H2,1-2H3. The fourth-order valence-corrected chi connectivity index (χ4v) is 1.75. The van der Waals surface area contributed by atoms with Crippen molar-refractivity contribution in [1.29, 1.82) is 0 Å². The molecule has 1 aromatic rings. The van der Waals surface area contributed by atoms with Gasteiger partial charge in [-0.3, -0.25) is 0 Å². The average molecular weight is 271 g/mol. The maximum Gasteiger partial charge on any atom is 0.127 e. The SMILES string of the molecule is CCOc1ccc(CBr)cc1C(C)C=O. The van der Waals surface area contributed by atoms with E-state index in [0.717, 1.165) is 28.5 Å². The third-order valence-corrected chi connectivity index (χ3v) is 2.87. The second-order valence-corrected chi connectivity index (χ2v) is 3.92. The van der Waals surface area contributed by atoms with Crippen LogP contribution in [-0.2, 0) is 10.1 Å². The molecule has 0 aliphatic carbocycles. The molecule has 0 fully saturated rings. The lowest BCUT2D eigenvalue weighted by atomic mass is 9.99. The summed E-state index contributed by atoms with van der Waals surface area (Å²) in [5, 5.41) is 0.790. The van der Waals surface area contributed by atoms with E-state index in [0.29, 0.717) is 6.61 Å². The first-order valence-corrected chi connectivity index (χ1v) is 6.12. The first-order chi connectivity index (χ1) is 7.22. The van der Waals surface area contributed by atoms with Crippen LogP contribution in [-0.4, -0.2) is 12.9 Å². The number of rotatable bonds is 5. The first-order valence-electron chi connectivity index (χ1n) is 4.99. The molecular weight excluding hydrogens is 256 g/mol. The molecule has 1 rings (SSSR count). The van der Waals surface area contributed by atoms with E-state index in [4.69, 9.17) is 4.74 Å². The average Bonchev–Trinajstić information content (AvgIpc) is 2.29. The van der Waals surface area contributed by atoms with Crippen LogP contribution in [0, 0.1) is 0 Å². The molecule has 0 aliphatic heterocycles. The van der Waals surface area contributed by atoms with Gasteiger partial charge in [0.05, 0.1) is 6.61 Å². The smallest absolute Gasteiger partial charge is 0.127 e. The van der Waals surface area contributed by atoms with Crippen molar-refractivity contribution >= 4 is 22.2 Å². The molecule has 0 amide bonds. The summed E-state index contributed by atoms with van der Waals surface area (Å²) in [7, 11) is 0. The number of benzene rings is 1. The molecule has 15 heavy (non-hydrogen) atoms. The predicted molar refractivity (Wildman–Crippen MR) is 64.7 cm³/mol. The first kappa shape index (κ1) is 12.2. The molecule has 1 unspecified atom stereocenters. The number of hydrogen-bond acceptors (Lipinski definition) is 2. The number of carbonyl (C=O) groups excluding carboxylic acids is 1. The van der Waals surface area contributed by atoms with Gasteiger partial charge in [-0.25, -0.2) is 0 Å². The fourth-order valence-electron chi connectivity index (χ4n) is 1.40. The molecule has 1 atom stereocenters. The lowest BCUT2D eigenvalue weighted by Gasteiger charge is -2.13. The van der Waals surface area contributed by atoms with Crippen molar-refractivity contribution in [3.05, 3.63) is 29.3 Å². The molecule has 2 nitrogen and oxygen atoms in total. The quantitative estimate of drug-likeness (QED) is 0.606. The summed E-state index contributed by atoms with van der Waals surface area (Å²) in [6, 6.07) is 5.94. The van der Waals surface area contributed by atoms with Crippen molar-refractivity contribution < 1.29 is 9.53 Å². The number of ether oxygens (including phenoxy) is 1. The topological polar surface area (TPSA) is 26.3 Å². The number of hydrogen-bond donors (Lipinski definition) is 0. The van der Waals surface area contributed by atoms with E-state index in [1.54, 1.807) is 0 Å². The molecule has 0 saturated carbocycles. The van der Waals surface area contributed by atoms with Crippen LogP contribution in [0.2, 0.25) is 0 Å². The summed E-state index contributed by atoms with van der Waals surface area (Å²) in [5.74, 6) is 0.687. The van der Waals surface area contributed by atoms with E-state index in [2.05, 4.69) is 15.9 Å². The molecule has 0 radical (unpaired) electrons. The monoisotopic (exact) mass is 270 g/mol. The highest BCUT2D eigenvalue weighted by Crippen LogP contribution is 2.27. The largest absolute Gasteiger partial charge is 0.494 e. The van der Waals surface area contributed by atoms with Crippen LogP contribution in [0.4, 0.5) is 0 Å². The summed E-state index contributed by atoms with van der Waals surface area (Å²) in [5.41, 5.74) is 2.12. The van der Waals surface area contributed by atoms with Gasteiger partial charge in [0.15, 0.2) is 0 Å². The van der Waals surface area contributed by atoms with E-state index in [-0.39, 0.29) is 5.92 Å². The van der Waals surface area contributed by atoms with Gasteiger partial charge < -0.3 is 9.53 Å². The third kappa shape index (κ3) is 3.06. The zero-order valence-electron chi connectivity index (χ0n) is 9.00. The van der Waals surface area contributed by atoms with Crippen LogP contribution < -0.4 is 4.74 Å².